The van der Waals surface area contributed by atoms with Crippen molar-refractivity contribution in [3.05, 3.63) is 185 Å². The van der Waals surface area contributed by atoms with Crippen LogP contribution in [0.2, 0.25) is 0 Å². The Morgan fingerprint density at radius 2 is 0.879 bits per heavy atom. The van der Waals surface area contributed by atoms with Crippen molar-refractivity contribution in [3.8, 4) is 50.8 Å². The molecule has 3 heterocycles. The van der Waals surface area contributed by atoms with Gasteiger partial charge >= 0.3 is 0 Å². The van der Waals surface area contributed by atoms with E-state index in [1.165, 1.54) is 66.4 Å². The van der Waals surface area contributed by atoms with Crippen LogP contribution in [0.25, 0.3) is 88.4 Å². The molecule has 0 aliphatic carbocycles. The number of hydrogen-bond acceptors (Lipinski definition) is 2. The first-order valence-electron chi connectivity index (χ1n) is 19.9. The van der Waals surface area contributed by atoms with Gasteiger partial charge in [0, 0.05) is 39.5 Å². The Balaban J connectivity index is 1.25. The van der Waals surface area contributed by atoms with Crippen LogP contribution in [-0.2, 0) is 0 Å². The Kier molecular flexibility index (Phi) is 8.18. The van der Waals surface area contributed by atoms with Gasteiger partial charge < -0.3 is 9.13 Å². The number of fused-ring (bicyclic) bond motifs is 6. The van der Waals surface area contributed by atoms with Crippen molar-refractivity contribution >= 4 is 43.6 Å². The number of nitrogens with zero attached hydrogens (tertiary/aromatic N) is 4. The van der Waals surface area contributed by atoms with Crippen LogP contribution in [0, 0.1) is 52.9 Å². The summed E-state index contributed by atoms with van der Waals surface area (Å²) in [6, 6.07) is 51.0. The molecular formula is C54H42N4. The number of aryl methyl sites for hydroxylation is 6. The van der Waals surface area contributed by atoms with E-state index < -0.39 is 0 Å². The lowest BCUT2D eigenvalue weighted by molar-refractivity contribution is 1.13. The fraction of sp³-hybridized carbons (Fsp3) is 0.111. The van der Waals surface area contributed by atoms with E-state index in [9.17, 15) is 5.26 Å². The standard InChI is InChI=1S/C54H42N4/c1-32-23-34(3)53(35(4)24-32)39-15-17-49-45(27-39)42-11-7-9-13-47(42)57(49)51-30-44(38-19-21-56-22-20-38)52(29-41(51)31-55)58-48-14-10-8-12-43(48)46-28-40(16-18-50(46)58)54-36(5)25-33(2)26-37(54)6/h7-30H,1-6H3. The predicted molar refractivity (Wildman–Crippen MR) is 242 cm³/mol. The van der Waals surface area contributed by atoms with Gasteiger partial charge in [-0.15, -0.1) is 0 Å². The Morgan fingerprint density at radius 3 is 1.36 bits per heavy atom. The lowest BCUT2D eigenvalue weighted by atomic mass is 9.93. The minimum absolute atomic E-state index is 0.596. The van der Waals surface area contributed by atoms with E-state index in [1.54, 1.807) is 0 Å². The van der Waals surface area contributed by atoms with E-state index in [0.29, 0.717) is 5.56 Å². The highest BCUT2D eigenvalue weighted by atomic mass is 15.0. The fourth-order valence-corrected chi connectivity index (χ4v) is 9.85. The molecule has 58 heavy (non-hydrogen) atoms. The second-order valence-corrected chi connectivity index (χ2v) is 16.0. The average Bonchev–Trinajstić information content (AvgIpc) is 3.72. The van der Waals surface area contributed by atoms with E-state index >= 15 is 0 Å². The molecule has 0 aliphatic heterocycles. The third-order valence-corrected chi connectivity index (χ3v) is 12.0. The van der Waals surface area contributed by atoms with Gasteiger partial charge in [0.2, 0.25) is 0 Å². The zero-order chi connectivity index (χ0) is 39.8. The van der Waals surface area contributed by atoms with Gasteiger partial charge in [0.25, 0.3) is 0 Å². The lowest BCUT2D eigenvalue weighted by Gasteiger charge is -2.19. The quantitative estimate of drug-likeness (QED) is 0.176. The summed E-state index contributed by atoms with van der Waals surface area (Å²) in [5, 5.41) is 15.7. The van der Waals surface area contributed by atoms with Gasteiger partial charge in [0.1, 0.15) is 6.07 Å². The first-order chi connectivity index (χ1) is 28.2. The Morgan fingerprint density at radius 1 is 0.431 bits per heavy atom. The first kappa shape index (κ1) is 35.2. The zero-order valence-corrected chi connectivity index (χ0v) is 33.6. The maximum absolute atomic E-state index is 11.1. The molecule has 0 N–H and O–H groups in total. The van der Waals surface area contributed by atoms with Gasteiger partial charge in [-0.05, 0) is 152 Å². The zero-order valence-electron chi connectivity index (χ0n) is 33.6. The van der Waals surface area contributed by atoms with Crippen molar-refractivity contribution in [2.75, 3.05) is 0 Å². The molecule has 0 unspecified atom stereocenters. The summed E-state index contributed by atoms with van der Waals surface area (Å²) in [7, 11) is 0. The minimum atomic E-state index is 0.596. The van der Waals surface area contributed by atoms with Gasteiger partial charge in [-0.25, -0.2) is 0 Å². The van der Waals surface area contributed by atoms with Crippen molar-refractivity contribution in [2.45, 2.75) is 41.5 Å². The number of rotatable bonds is 5. The van der Waals surface area contributed by atoms with Crippen molar-refractivity contribution in [3.63, 3.8) is 0 Å². The van der Waals surface area contributed by atoms with Gasteiger partial charge in [0.15, 0.2) is 0 Å². The number of hydrogen-bond donors (Lipinski definition) is 0. The van der Waals surface area contributed by atoms with Crippen LogP contribution >= 0.6 is 0 Å². The van der Waals surface area contributed by atoms with Gasteiger partial charge in [0.05, 0.1) is 39.0 Å². The highest BCUT2D eigenvalue weighted by Gasteiger charge is 2.23. The molecule has 0 atom stereocenters. The summed E-state index contributed by atoms with van der Waals surface area (Å²) in [5.41, 5.74) is 21.3. The first-order valence-corrected chi connectivity index (χ1v) is 19.9. The van der Waals surface area contributed by atoms with Crippen LogP contribution < -0.4 is 0 Å². The summed E-state index contributed by atoms with van der Waals surface area (Å²) in [6.07, 6.45) is 3.69. The number of nitriles is 1. The fourth-order valence-electron chi connectivity index (χ4n) is 9.85. The van der Waals surface area contributed by atoms with Crippen molar-refractivity contribution < 1.29 is 0 Å². The molecule has 0 amide bonds. The largest absolute Gasteiger partial charge is 0.309 e. The minimum Gasteiger partial charge on any atom is -0.309 e. The van der Waals surface area contributed by atoms with Crippen LogP contribution in [0.1, 0.15) is 38.9 Å². The summed E-state index contributed by atoms with van der Waals surface area (Å²) >= 11 is 0. The highest BCUT2D eigenvalue weighted by Crippen LogP contribution is 2.43. The molecule has 10 rings (SSSR count). The normalized spacial score (nSPS) is 11.6. The molecular weight excluding hydrogens is 705 g/mol. The molecule has 278 valence electrons. The summed E-state index contributed by atoms with van der Waals surface area (Å²) in [5.74, 6) is 0. The molecule has 4 heteroatoms. The van der Waals surface area contributed by atoms with Crippen LogP contribution in [0.5, 0.6) is 0 Å². The summed E-state index contributed by atoms with van der Waals surface area (Å²) in [6.45, 7) is 13.1. The summed E-state index contributed by atoms with van der Waals surface area (Å²) < 4.78 is 4.62. The number of benzene rings is 7. The predicted octanol–water partition coefficient (Wildman–Crippen LogP) is 14.0. The maximum Gasteiger partial charge on any atom is 0.101 e. The molecule has 0 aliphatic rings. The van der Waals surface area contributed by atoms with Crippen molar-refractivity contribution in [1.29, 1.82) is 5.26 Å². The molecule has 10 aromatic rings. The topological polar surface area (TPSA) is 46.5 Å². The Bertz CT molecular complexity index is 3310. The van der Waals surface area contributed by atoms with Gasteiger partial charge in [-0.3, -0.25) is 4.98 Å². The summed E-state index contributed by atoms with van der Waals surface area (Å²) in [4.78, 5) is 4.39. The molecule has 4 nitrogen and oxygen atoms in total. The molecule has 3 aromatic heterocycles. The van der Waals surface area contributed by atoms with E-state index in [4.69, 9.17) is 0 Å². The second kappa shape index (κ2) is 13.5. The molecule has 0 saturated heterocycles. The van der Waals surface area contributed by atoms with E-state index in [-0.39, 0.29) is 0 Å². The smallest absolute Gasteiger partial charge is 0.101 e. The van der Waals surface area contributed by atoms with Crippen LogP contribution in [0.4, 0.5) is 0 Å². The van der Waals surface area contributed by atoms with Gasteiger partial charge in [-0.1, -0.05) is 83.9 Å². The third-order valence-electron chi connectivity index (χ3n) is 12.0. The monoisotopic (exact) mass is 746 g/mol. The molecule has 0 saturated carbocycles. The van der Waals surface area contributed by atoms with Gasteiger partial charge in [-0.2, -0.15) is 5.26 Å². The third kappa shape index (κ3) is 5.46. The Labute approximate surface area is 338 Å². The molecule has 0 radical (unpaired) electrons. The molecule has 7 aromatic carbocycles. The SMILES string of the molecule is Cc1cc(C)c(-c2ccc3c(c2)c2ccccc2n3-c2cc(-c3ccncc3)c(-n3c4ccccc4c4cc(-c5c(C)cc(C)cc5C)ccc43)cc2C#N)c(C)c1. The lowest BCUT2D eigenvalue weighted by Crippen LogP contribution is -2.04. The number of pyridine rings is 1. The number of para-hydroxylation sites is 2. The van der Waals surface area contributed by atoms with Crippen molar-refractivity contribution in [2.24, 2.45) is 0 Å². The van der Waals surface area contributed by atoms with Crippen molar-refractivity contribution in [1.82, 2.24) is 14.1 Å². The Hall–Kier alpha value is -7.22. The maximum atomic E-state index is 11.1. The van der Waals surface area contributed by atoms with Crippen LogP contribution in [-0.4, -0.2) is 14.1 Å². The van der Waals surface area contributed by atoms with Crippen LogP contribution in [0.3, 0.4) is 0 Å². The molecule has 0 bridgehead atoms. The molecule has 0 fully saturated rings. The van der Waals surface area contributed by atoms with E-state index in [1.807, 2.05) is 12.4 Å². The number of aromatic nitrogens is 3. The second-order valence-electron chi connectivity index (χ2n) is 16.0. The highest BCUT2D eigenvalue weighted by molar-refractivity contribution is 6.12. The molecule has 0 spiro atoms. The average molecular weight is 747 g/mol. The van der Waals surface area contributed by atoms with E-state index in [0.717, 1.165) is 55.3 Å². The van der Waals surface area contributed by atoms with Crippen LogP contribution in [0.15, 0.2) is 146 Å². The van der Waals surface area contributed by atoms with E-state index in [2.05, 4.69) is 195 Å².